The Morgan fingerprint density at radius 1 is 0.931 bits per heavy atom. The molecule has 1 aromatic heterocycles. The van der Waals surface area contributed by atoms with Crippen LogP contribution in [0, 0.1) is 0 Å². The molecule has 0 amide bonds. The van der Waals surface area contributed by atoms with Gasteiger partial charge in [-0.25, -0.2) is 9.97 Å². The Hall–Kier alpha value is -3.31. The molecule has 1 N–H and O–H groups in total. The third kappa shape index (κ3) is 3.96. The Balaban J connectivity index is 1.35. The lowest BCUT2D eigenvalue weighted by atomic mass is 10.1. The first-order valence-corrected chi connectivity index (χ1v) is 10.5. The van der Waals surface area contributed by atoms with Gasteiger partial charge in [0.1, 0.15) is 12.4 Å². The van der Waals surface area contributed by atoms with Crippen molar-refractivity contribution < 1.29 is 4.74 Å². The van der Waals surface area contributed by atoms with Crippen molar-refractivity contribution in [2.45, 2.75) is 17.3 Å². The molecule has 0 radical (unpaired) electrons. The lowest BCUT2D eigenvalue weighted by Crippen LogP contribution is -2.04. The highest BCUT2D eigenvalue weighted by Crippen LogP contribution is 2.40. The minimum absolute atomic E-state index is 0.536. The average Bonchev–Trinajstić information content (AvgIpc) is 2.79. The summed E-state index contributed by atoms with van der Waals surface area (Å²) in [6, 6.07) is 26.4. The summed E-state index contributed by atoms with van der Waals surface area (Å²) in [5, 5.41) is 3.31. The van der Waals surface area contributed by atoms with Crippen molar-refractivity contribution in [1.29, 1.82) is 0 Å². The van der Waals surface area contributed by atoms with E-state index in [1.807, 2.05) is 60.4 Å². The van der Waals surface area contributed by atoms with Gasteiger partial charge in [-0.3, -0.25) is 0 Å². The number of hydrogen-bond acceptors (Lipinski definition) is 5. The van der Waals surface area contributed by atoms with E-state index in [-0.39, 0.29) is 0 Å². The van der Waals surface area contributed by atoms with E-state index in [2.05, 4.69) is 46.7 Å². The maximum atomic E-state index is 5.92. The Labute approximate surface area is 174 Å². The highest BCUT2D eigenvalue weighted by Gasteiger charge is 2.18. The number of rotatable bonds is 5. The van der Waals surface area contributed by atoms with Gasteiger partial charge in [0.25, 0.3) is 0 Å². The zero-order chi connectivity index (χ0) is 19.5. The molecule has 0 saturated heterocycles. The second kappa shape index (κ2) is 7.97. The third-order valence-corrected chi connectivity index (χ3v) is 5.85. The zero-order valence-electron chi connectivity index (χ0n) is 15.7. The fourth-order valence-electron chi connectivity index (χ4n) is 3.28. The SMILES string of the molecule is c1ccc(COc2cccc(Nc3ncc4c(n3)-c3ccccc3SC4)c2)cc1. The molecule has 142 valence electrons. The van der Waals surface area contributed by atoms with Gasteiger partial charge in [0, 0.05) is 39.7 Å². The molecule has 0 unspecified atom stereocenters. The molecule has 1 aliphatic rings. The first-order valence-electron chi connectivity index (χ1n) is 9.47. The van der Waals surface area contributed by atoms with Crippen LogP contribution in [0.4, 0.5) is 11.6 Å². The second-order valence-electron chi connectivity index (χ2n) is 6.78. The summed E-state index contributed by atoms with van der Waals surface area (Å²) in [6.45, 7) is 0.536. The number of benzene rings is 3. The predicted octanol–water partition coefficient (Wildman–Crippen LogP) is 6.07. The molecule has 0 aliphatic carbocycles. The van der Waals surface area contributed by atoms with E-state index in [0.717, 1.165) is 28.4 Å². The highest BCUT2D eigenvalue weighted by molar-refractivity contribution is 7.98. The van der Waals surface area contributed by atoms with Crippen molar-refractivity contribution in [1.82, 2.24) is 9.97 Å². The van der Waals surface area contributed by atoms with Crippen LogP contribution in [0.5, 0.6) is 5.75 Å². The number of anilines is 2. The van der Waals surface area contributed by atoms with Crippen molar-refractivity contribution in [3.05, 3.63) is 96.2 Å². The van der Waals surface area contributed by atoms with E-state index in [0.29, 0.717) is 12.6 Å². The summed E-state index contributed by atoms with van der Waals surface area (Å²) in [6.07, 6.45) is 1.92. The lowest BCUT2D eigenvalue weighted by Gasteiger charge is -2.18. The van der Waals surface area contributed by atoms with Crippen molar-refractivity contribution >= 4 is 23.4 Å². The molecule has 4 nitrogen and oxygen atoms in total. The number of hydrogen-bond donors (Lipinski definition) is 1. The molecule has 0 atom stereocenters. The molecule has 3 aromatic carbocycles. The number of ether oxygens (including phenoxy) is 1. The van der Waals surface area contributed by atoms with E-state index in [4.69, 9.17) is 9.72 Å². The molecule has 4 aromatic rings. The van der Waals surface area contributed by atoms with Crippen LogP contribution in [0.2, 0.25) is 0 Å². The predicted molar refractivity (Wildman–Crippen MR) is 118 cm³/mol. The molecular weight excluding hydrogens is 378 g/mol. The van der Waals surface area contributed by atoms with Gasteiger partial charge in [0.2, 0.25) is 5.95 Å². The van der Waals surface area contributed by atoms with Crippen LogP contribution in [-0.4, -0.2) is 9.97 Å². The lowest BCUT2D eigenvalue weighted by molar-refractivity contribution is 0.306. The molecular formula is C24H19N3OS. The Bertz CT molecular complexity index is 1150. The Morgan fingerprint density at radius 2 is 1.79 bits per heavy atom. The van der Waals surface area contributed by atoms with Crippen LogP contribution < -0.4 is 10.1 Å². The first kappa shape index (κ1) is 17.8. The standard InChI is InChI=1S/C24H19N3OS/c1-2-7-17(8-3-1)15-28-20-10-6-9-19(13-20)26-24-25-14-18-16-29-22-12-5-4-11-21(22)23(18)27-24/h1-14H,15-16H2,(H,25,26,27). The smallest absolute Gasteiger partial charge is 0.227 e. The van der Waals surface area contributed by atoms with Gasteiger partial charge in [0.05, 0.1) is 5.69 Å². The highest BCUT2D eigenvalue weighted by atomic mass is 32.2. The zero-order valence-corrected chi connectivity index (χ0v) is 16.5. The number of nitrogens with zero attached hydrogens (tertiary/aromatic N) is 2. The van der Waals surface area contributed by atoms with Crippen molar-refractivity contribution in [3.8, 4) is 17.0 Å². The summed E-state index contributed by atoms with van der Waals surface area (Å²) >= 11 is 1.83. The monoisotopic (exact) mass is 397 g/mol. The normalized spacial score (nSPS) is 12.0. The van der Waals surface area contributed by atoms with Crippen LogP contribution in [0.15, 0.2) is 90.0 Å². The minimum atomic E-state index is 0.536. The fraction of sp³-hybridized carbons (Fsp3) is 0.0833. The molecule has 29 heavy (non-hydrogen) atoms. The maximum absolute atomic E-state index is 5.92. The van der Waals surface area contributed by atoms with Gasteiger partial charge in [-0.15, -0.1) is 11.8 Å². The Morgan fingerprint density at radius 3 is 2.72 bits per heavy atom. The topological polar surface area (TPSA) is 47.0 Å². The van der Waals surface area contributed by atoms with Crippen molar-refractivity contribution in [2.24, 2.45) is 0 Å². The molecule has 5 rings (SSSR count). The summed E-state index contributed by atoms with van der Waals surface area (Å²) < 4.78 is 5.92. The number of aromatic nitrogens is 2. The molecule has 0 spiro atoms. The summed E-state index contributed by atoms with van der Waals surface area (Å²) in [5.41, 5.74) is 5.38. The largest absolute Gasteiger partial charge is 0.489 e. The summed E-state index contributed by atoms with van der Waals surface area (Å²) in [5.74, 6) is 2.29. The van der Waals surface area contributed by atoms with Gasteiger partial charge < -0.3 is 10.1 Å². The fourth-order valence-corrected chi connectivity index (χ4v) is 4.30. The van der Waals surface area contributed by atoms with Gasteiger partial charge in [-0.1, -0.05) is 54.6 Å². The van der Waals surface area contributed by atoms with Crippen molar-refractivity contribution in [2.75, 3.05) is 5.32 Å². The van der Waals surface area contributed by atoms with Crippen LogP contribution in [0.1, 0.15) is 11.1 Å². The quantitative estimate of drug-likeness (QED) is 0.443. The maximum Gasteiger partial charge on any atom is 0.227 e. The molecule has 0 bridgehead atoms. The van der Waals surface area contributed by atoms with Crippen LogP contribution >= 0.6 is 11.8 Å². The van der Waals surface area contributed by atoms with Gasteiger partial charge in [0.15, 0.2) is 0 Å². The summed E-state index contributed by atoms with van der Waals surface area (Å²) in [4.78, 5) is 10.6. The van der Waals surface area contributed by atoms with Crippen LogP contribution in [0.3, 0.4) is 0 Å². The van der Waals surface area contributed by atoms with Crippen molar-refractivity contribution in [3.63, 3.8) is 0 Å². The molecule has 0 saturated carbocycles. The molecule has 1 aliphatic heterocycles. The minimum Gasteiger partial charge on any atom is -0.489 e. The van der Waals surface area contributed by atoms with Gasteiger partial charge in [-0.05, 0) is 23.8 Å². The van der Waals surface area contributed by atoms with Gasteiger partial charge in [-0.2, -0.15) is 0 Å². The first-order chi connectivity index (χ1) is 14.3. The summed E-state index contributed by atoms with van der Waals surface area (Å²) in [7, 11) is 0. The molecule has 0 fully saturated rings. The van der Waals surface area contributed by atoms with Gasteiger partial charge >= 0.3 is 0 Å². The average molecular weight is 398 g/mol. The Kier molecular flexibility index (Phi) is 4.88. The van der Waals surface area contributed by atoms with Crippen LogP contribution in [-0.2, 0) is 12.4 Å². The van der Waals surface area contributed by atoms with Crippen LogP contribution in [0.25, 0.3) is 11.3 Å². The van der Waals surface area contributed by atoms with E-state index in [1.54, 1.807) is 0 Å². The second-order valence-corrected chi connectivity index (χ2v) is 7.80. The van der Waals surface area contributed by atoms with E-state index in [9.17, 15) is 0 Å². The van der Waals surface area contributed by atoms with E-state index < -0.39 is 0 Å². The number of nitrogens with one attached hydrogen (secondary N) is 1. The number of thioether (sulfide) groups is 1. The van der Waals surface area contributed by atoms with E-state index >= 15 is 0 Å². The molecule has 2 heterocycles. The molecule has 5 heteroatoms. The third-order valence-electron chi connectivity index (χ3n) is 4.73. The van der Waals surface area contributed by atoms with E-state index in [1.165, 1.54) is 16.0 Å². The number of fused-ring (bicyclic) bond motifs is 3.